The molecular weight excluding hydrogens is 280 g/mol. The van der Waals surface area contributed by atoms with E-state index in [-0.39, 0.29) is 5.78 Å². The highest BCUT2D eigenvalue weighted by molar-refractivity contribution is 6.06. The molecule has 0 saturated carbocycles. The van der Waals surface area contributed by atoms with Gasteiger partial charge in [-0.25, -0.2) is 0 Å². The maximum atomic E-state index is 12.1. The number of allylic oxidation sites excluding steroid dienone is 1. The molecule has 0 aliphatic carbocycles. The van der Waals surface area contributed by atoms with E-state index in [9.17, 15) is 4.79 Å². The molecule has 114 valence electrons. The molecule has 0 fully saturated rings. The molecule has 0 heterocycles. The first kappa shape index (κ1) is 15.6. The molecule has 0 unspecified atom stereocenters. The van der Waals surface area contributed by atoms with Crippen molar-refractivity contribution in [2.75, 3.05) is 21.3 Å². The molecule has 2 rings (SSSR count). The maximum absolute atomic E-state index is 12.1. The summed E-state index contributed by atoms with van der Waals surface area (Å²) >= 11 is 0. The Bertz CT molecular complexity index is 650. The van der Waals surface area contributed by atoms with Crippen LogP contribution in [0.5, 0.6) is 17.2 Å². The maximum Gasteiger partial charge on any atom is 0.203 e. The fraction of sp³-hybridized carbons (Fsp3) is 0.167. The summed E-state index contributed by atoms with van der Waals surface area (Å²) in [6.45, 7) is 0. The van der Waals surface area contributed by atoms with Gasteiger partial charge >= 0.3 is 0 Å². The SMILES string of the molecule is COc1cc(/C=C\C(=O)c2ccccc2)cc(OC)c1OC. The second-order valence-corrected chi connectivity index (χ2v) is 4.52. The van der Waals surface area contributed by atoms with E-state index in [0.29, 0.717) is 22.8 Å². The van der Waals surface area contributed by atoms with Gasteiger partial charge in [0.2, 0.25) is 5.75 Å². The Morgan fingerprint density at radius 1 is 0.909 bits per heavy atom. The van der Waals surface area contributed by atoms with Crippen LogP contribution >= 0.6 is 0 Å². The monoisotopic (exact) mass is 298 g/mol. The van der Waals surface area contributed by atoms with Crippen molar-refractivity contribution in [1.82, 2.24) is 0 Å². The van der Waals surface area contributed by atoms with Gasteiger partial charge in [0.05, 0.1) is 21.3 Å². The average molecular weight is 298 g/mol. The summed E-state index contributed by atoms with van der Waals surface area (Å²) in [6, 6.07) is 12.7. The molecule has 0 aliphatic rings. The molecule has 4 heteroatoms. The van der Waals surface area contributed by atoms with Gasteiger partial charge in [-0.3, -0.25) is 4.79 Å². The number of methoxy groups -OCH3 is 3. The third-order valence-electron chi connectivity index (χ3n) is 3.17. The standard InChI is InChI=1S/C18H18O4/c1-20-16-11-13(12-17(21-2)18(16)22-3)9-10-15(19)14-7-5-4-6-8-14/h4-12H,1-3H3/b10-9-. The van der Waals surface area contributed by atoms with Crippen molar-refractivity contribution in [2.45, 2.75) is 0 Å². The molecule has 0 spiro atoms. The van der Waals surface area contributed by atoms with E-state index in [1.165, 1.54) is 6.08 Å². The number of benzene rings is 2. The topological polar surface area (TPSA) is 44.8 Å². The van der Waals surface area contributed by atoms with E-state index in [1.807, 2.05) is 18.2 Å². The number of carbonyl (C=O) groups excluding carboxylic acids is 1. The van der Waals surface area contributed by atoms with Crippen LogP contribution in [0.3, 0.4) is 0 Å². The molecule has 2 aromatic carbocycles. The van der Waals surface area contributed by atoms with E-state index in [4.69, 9.17) is 14.2 Å². The van der Waals surface area contributed by atoms with Gasteiger partial charge in [-0.05, 0) is 23.8 Å². The molecule has 0 amide bonds. The molecule has 0 N–H and O–H groups in total. The quantitative estimate of drug-likeness (QED) is 0.603. The fourth-order valence-electron chi connectivity index (χ4n) is 2.07. The number of rotatable bonds is 6. The van der Waals surface area contributed by atoms with Gasteiger partial charge in [-0.1, -0.05) is 36.4 Å². The van der Waals surface area contributed by atoms with Gasteiger partial charge < -0.3 is 14.2 Å². The minimum Gasteiger partial charge on any atom is -0.493 e. The molecule has 2 aromatic rings. The number of ether oxygens (including phenoxy) is 3. The van der Waals surface area contributed by atoms with Crippen molar-refractivity contribution in [2.24, 2.45) is 0 Å². The van der Waals surface area contributed by atoms with Crippen molar-refractivity contribution in [3.63, 3.8) is 0 Å². The van der Waals surface area contributed by atoms with Crippen LogP contribution in [-0.4, -0.2) is 27.1 Å². The molecule has 0 radical (unpaired) electrons. The first-order chi connectivity index (χ1) is 10.7. The Morgan fingerprint density at radius 2 is 1.50 bits per heavy atom. The van der Waals surface area contributed by atoms with Crippen molar-refractivity contribution in [3.8, 4) is 17.2 Å². The van der Waals surface area contributed by atoms with Crippen LogP contribution in [0, 0.1) is 0 Å². The molecule has 0 saturated heterocycles. The van der Waals surface area contributed by atoms with Crippen molar-refractivity contribution in [3.05, 3.63) is 59.7 Å². The summed E-state index contributed by atoms with van der Waals surface area (Å²) in [5.41, 5.74) is 1.44. The number of ketones is 1. The predicted molar refractivity (Wildman–Crippen MR) is 85.9 cm³/mol. The van der Waals surface area contributed by atoms with Gasteiger partial charge in [-0.2, -0.15) is 0 Å². The van der Waals surface area contributed by atoms with Crippen LogP contribution in [0.25, 0.3) is 6.08 Å². The van der Waals surface area contributed by atoms with Gasteiger partial charge in [0.15, 0.2) is 17.3 Å². The third kappa shape index (κ3) is 3.47. The third-order valence-corrected chi connectivity index (χ3v) is 3.17. The van der Waals surface area contributed by atoms with Gasteiger partial charge in [-0.15, -0.1) is 0 Å². The van der Waals surface area contributed by atoms with Crippen LogP contribution in [0.2, 0.25) is 0 Å². The number of hydrogen-bond donors (Lipinski definition) is 0. The van der Waals surface area contributed by atoms with Gasteiger partial charge in [0.1, 0.15) is 0 Å². The molecule has 22 heavy (non-hydrogen) atoms. The zero-order chi connectivity index (χ0) is 15.9. The van der Waals surface area contributed by atoms with Gasteiger partial charge in [0.25, 0.3) is 0 Å². The summed E-state index contributed by atoms with van der Waals surface area (Å²) in [7, 11) is 4.66. The van der Waals surface area contributed by atoms with Crippen LogP contribution in [0.15, 0.2) is 48.5 Å². The molecule has 0 aromatic heterocycles. The van der Waals surface area contributed by atoms with Crippen molar-refractivity contribution >= 4 is 11.9 Å². The van der Waals surface area contributed by atoms with E-state index >= 15 is 0 Å². The van der Waals surface area contributed by atoms with Crippen LogP contribution in [0.4, 0.5) is 0 Å². The lowest BCUT2D eigenvalue weighted by atomic mass is 10.1. The van der Waals surface area contributed by atoms with E-state index in [0.717, 1.165) is 5.56 Å². The zero-order valence-electron chi connectivity index (χ0n) is 12.8. The predicted octanol–water partition coefficient (Wildman–Crippen LogP) is 3.61. The van der Waals surface area contributed by atoms with Crippen LogP contribution < -0.4 is 14.2 Å². The summed E-state index contributed by atoms with van der Waals surface area (Å²) in [5, 5.41) is 0. The lowest BCUT2D eigenvalue weighted by Crippen LogP contribution is -1.96. The molecule has 0 aliphatic heterocycles. The second-order valence-electron chi connectivity index (χ2n) is 4.52. The molecule has 0 atom stereocenters. The average Bonchev–Trinajstić information content (AvgIpc) is 2.59. The first-order valence-electron chi connectivity index (χ1n) is 6.77. The second kappa shape index (κ2) is 7.31. The lowest BCUT2D eigenvalue weighted by molar-refractivity contribution is 0.104. The summed E-state index contributed by atoms with van der Waals surface area (Å²) in [5.74, 6) is 1.56. The largest absolute Gasteiger partial charge is 0.493 e. The number of carbonyl (C=O) groups is 1. The first-order valence-corrected chi connectivity index (χ1v) is 6.77. The highest BCUT2D eigenvalue weighted by Crippen LogP contribution is 2.38. The summed E-state index contributed by atoms with van der Waals surface area (Å²) in [6.07, 6.45) is 3.25. The van der Waals surface area contributed by atoms with Gasteiger partial charge in [0, 0.05) is 5.56 Å². The van der Waals surface area contributed by atoms with Crippen molar-refractivity contribution < 1.29 is 19.0 Å². The highest BCUT2D eigenvalue weighted by Gasteiger charge is 2.12. The summed E-state index contributed by atoms with van der Waals surface area (Å²) in [4.78, 5) is 12.1. The molecule has 4 nitrogen and oxygen atoms in total. The van der Waals surface area contributed by atoms with E-state index in [1.54, 1.807) is 51.7 Å². The smallest absolute Gasteiger partial charge is 0.203 e. The number of hydrogen-bond acceptors (Lipinski definition) is 4. The Balaban J connectivity index is 2.29. The zero-order valence-corrected chi connectivity index (χ0v) is 12.8. The Hall–Kier alpha value is -2.75. The molecule has 0 bridgehead atoms. The van der Waals surface area contributed by atoms with Crippen molar-refractivity contribution in [1.29, 1.82) is 0 Å². The normalized spacial score (nSPS) is 10.5. The lowest BCUT2D eigenvalue weighted by Gasteiger charge is -2.12. The van der Waals surface area contributed by atoms with E-state index in [2.05, 4.69) is 0 Å². The molecular formula is C18H18O4. The Labute approximate surface area is 129 Å². The minimum atomic E-state index is -0.0608. The highest BCUT2D eigenvalue weighted by atomic mass is 16.5. The minimum absolute atomic E-state index is 0.0608. The fourth-order valence-corrected chi connectivity index (χ4v) is 2.07. The van der Waals surface area contributed by atoms with E-state index < -0.39 is 0 Å². The summed E-state index contributed by atoms with van der Waals surface area (Å²) < 4.78 is 15.8. The Morgan fingerprint density at radius 3 is 2.00 bits per heavy atom. The Kier molecular flexibility index (Phi) is 5.20. The van der Waals surface area contributed by atoms with Crippen LogP contribution in [-0.2, 0) is 0 Å². The van der Waals surface area contributed by atoms with Crippen LogP contribution in [0.1, 0.15) is 15.9 Å².